The van der Waals surface area contributed by atoms with Crippen molar-refractivity contribution in [3.63, 3.8) is 0 Å². The predicted octanol–water partition coefficient (Wildman–Crippen LogP) is 0.629. The third-order valence-electron chi connectivity index (χ3n) is 5.26. The number of thiophene rings is 1. The second kappa shape index (κ2) is 6.62. The Balaban J connectivity index is 0.00000169. The molecule has 0 bridgehead atoms. The van der Waals surface area contributed by atoms with Crippen molar-refractivity contribution in [1.82, 2.24) is 0 Å². The van der Waals surface area contributed by atoms with Gasteiger partial charge in [-0.2, -0.15) is 0 Å². The molecule has 2 aliphatic rings. The molecule has 0 fully saturated rings. The Hall–Kier alpha value is -1.17. The van der Waals surface area contributed by atoms with Crippen LogP contribution < -0.4 is 21.9 Å². The molecule has 0 saturated heterocycles. The molecule has 2 aromatic rings. The highest BCUT2D eigenvalue weighted by atomic mass is 79.9. The zero-order chi connectivity index (χ0) is 16.0. The summed E-state index contributed by atoms with van der Waals surface area (Å²) in [6.07, 6.45) is 3.40. The van der Waals surface area contributed by atoms with E-state index in [4.69, 9.17) is 0 Å². The average molecular weight is 407 g/mol. The quantitative estimate of drug-likeness (QED) is 0.740. The Morgan fingerprint density at radius 3 is 2.75 bits per heavy atom. The number of aryl methyl sites for hydroxylation is 1. The maximum atomic E-state index is 11.5. The molecule has 0 radical (unpaired) electrons. The Kier molecular flexibility index (Phi) is 4.87. The zero-order valence-electron chi connectivity index (χ0n) is 14.1. The van der Waals surface area contributed by atoms with E-state index in [0.29, 0.717) is 6.54 Å². The van der Waals surface area contributed by atoms with Crippen molar-refractivity contribution in [3.05, 3.63) is 51.7 Å². The van der Waals surface area contributed by atoms with Crippen LogP contribution in [0, 0.1) is 13.8 Å². The number of hydrogen-bond donors (Lipinski definition) is 1. The van der Waals surface area contributed by atoms with Crippen molar-refractivity contribution in [3.8, 4) is 0 Å². The van der Waals surface area contributed by atoms with Gasteiger partial charge in [-0.25, -0.2) is 9.48 Å². The van der Waals surface area contributed by atoms with Crippen LogP contribution in [0.15, 0.2) is 35.7 Å². The lowest BCUT2D eigenvalue weighted by molar-refractivity contribution is -0.660. The Morgan fingerprint density at radius 2 is 2.00 bits per heavy atom. The number of anilines is 1. The minimum Gasteiger partial charge on any atom is -1.00 e. The molecule has 1 unspecified atom stereocenters. The van der Waals surface area contributed by atoms with Gasteiger partial charge in [0.2, 0.25) is 0 Å². The summed E-state index contributed by atoms with van der Waals surface area (Å²) in [5.41, 5.74) is 2.96. The molecule has 24 heavy (non-hydrogen) atoms. The highest BCUT2D eigenvalue weighted by Crippen LogP contribution is 2.38. The topological polar surface area (TPSA) is 26.5 Å². The average Bonchev–Trinajstić information content (AvgIpc) is 3.19. The molecule has 0 amide bonds. The first kappa shape index (κ1) is 17.6. The van der Waals surface area contributed by atoms with Crippen molar-refractivity contribution < 1.29 is 26.7 Å². The Bertz CT molecular complexity index is 772. The number of aliphatic hydroxyl groups is 1. The number of nitrogens with zero attached hydrogens (tertiary/aromatic N) is 2. The molecule has 0 spiro atoms. The van der Waals surface area contributed by atoms with E-state index in [9.17, 15) is 5.11 Å². The summed E-state index contributed by atoms with van der Waals surface area (Å²) in [6.45, 7) is 5.89. The smallest absolute Gasteiger partial charge is 0.280 e. The number of benzene rings is 1. The summed E-state index contributed by atoms with van der Waals surface area (Å²) in [4.78, 5) is 3.39. The van der Waals surface area contributed by atoms with Crippen LogP contribution in [0.1, 0.15) is 35.3 Å². The molecular formula is C19H23BrN2OS. The number of rotatable bonds is 2. The van der Waals surface area contributed by atoms with E-state index < -0.39 is 5.72 Å². The number of amidine groups is 1. The van der Waals surface area contributed by atoms with Crippen molar-refractivity contribution in [2.24, 2.45) is 0 Å². The molecule has 3 heterocycles. The second-order valence-corrected chi connectivity index (χ2v) is 7.57. The molecule has 2 aliphatic heterocycles. The van der Waals surface area contributed by atoms with Gasteiger partial charge in [-0.1, -0.05) is 18.2 Å². The van der Waals surface area contributed by atoms with Gasteiger partial charge in [0.05, 0.1) is 11.4 Å². The van der Waals surface area contributed by atoms with Gasteiger partial charge >= 0.3 is 0 Å². The first-order valence-electron chi connectivity index (χ1n) is 8.35. The van der Waals surface area contributed by atoms with Crippen molar-refractivity contribution in [1.29, 1.82) is 0 Å². The van der Waals surface area contributed by atoms with Crippen LogP contribution in [0.5, 0.6) is 0 Å². The lowest BCUT2D eigenvalue weighted by atomic mass is 10.1. The van der Waals surface area contributed by atoms with E-state index in [1.165, 1.54) is 29.1 Å². The van der Waals surface area contributed by atoms with Crippen molar-refractivity contribution in [2.45, 2.75) is 38.8 Å². The van der Waals surface area contributed by atoms with E-state index >= 15 is 0 Å². The maximum absolute atomic E-state index is 11.5. The lowest BCUT2D eigenvalue weighted by Gasteiger charge is -2.22. The largest absolute Gasteiger partial charge is 1.00 e. The van der Waals surface area contributed by atoms with Gasteiger partial charge in [0.1, 0.15) is 5.69 Å². The van der Waals surface area contributed by atoms with Gasteiger partial charge in [-0.3, -0.25) is 0 Å². The van der Waals surface area contributed by atoms with Gasteiger partial charge < -0.3 is 22.1 Å². The van der Waals surface area contributed by atoms with Crippen LogP contribution in [-0.2, 0) is 5.72 Å². The molecule has 1 aromatic carbocycles. The monoisotopic (exact) mass is 406 g/mol. The van der Waals surface area contributed by atoms with E-state index in [2.05, 4.69) is 53.0 Å². The van der Waals surface area contributed by atoms with Gasteiger partial charge in [0.15, 0.2) is 6.54 Å². The summed E-state index contributed by atoms with van der Waals surface area (Å²) in [7, 11) is 0. The highest BCUT2D eigenvalue weighted by molar-refractivity contribution is 7.10. The summed E-state index contributed by atoms with van der Waals surface area (Å²) < 4.78 is 2.24. The van der Waals surface area contributed by atoms with Crippen LogP contribution in [0.3, 0.4) is 0 Å². The molecular weight excluding hydrogens is 384 g/mol. The third kappa shape index (κ3) is 2.63. The lowest BCUT2D eigenvalue weighted by Crippen LogP contribution is -3.00. The summed E-state index contributed by atoms with van der Waals surface area (Å²) in [5.74, 6) is 1.28. The van der Waals surface area contributed by atoms with Crippen molar-refractivity contribution >= 4 is 22.9 Å². The number of halogens is 1. The normalized spacial score (nSPS) is 23.2. The molecule has 128 valence electrons. The van der Waals surface area contributed by atoms with Crippen LogP contribution in [-0.4, -0.2) is 28.6 Å². The maximum Gasteiger partial charge on any atom is 0.280 e. The fraction of sp³-hybridized carbons (Fsp3) is 0.421. The fourth-order valence-electron chi connectivity index (χ4n) is 3.86. The highest BCUT2D eigenvalue weighted by Gasteiger charge is 2.53. The first-order valence-corrected chi connectivity index (χ1v) is 9.23. The SMILES string of the molecule is Cc1cccc(N2CC(O)(c3cccs3)[N+]3=C2CCCC3)c1C.[Br-]. The van der Waals surface area contributed by atoms with Crippen LogP contribution in [0.25, 0.3) is 0 Å². The van der Waals surface area contributed by atoms with Gasteiger partial charge in [0, 0.05) is 6.42 Å². The zero-order valence-corrected chi connectivity index (χ0v) is 16.5. The minimum absolute atomic E-state index is 0. The van der Waals surface area contributed by atoms with Crippen LogP contribution in [0.4, 0.5) is 5.69 Å². The number of β-amino-alcohol motifs (C(OH)–C–C–N with tert-alkyl or cyclic N) is 1. The first-order chi connectivity index (χ1) is 11.1. The molecule has 1 N–H and O–H groups in total. The molecule has 3 nitrogen and oxygen atoms in total. The Morgan fingerprint density at radius 1 is 1.17 bits per heavy atom. The second-order valence-electron chi connectivity index (χ2n) is 6.62. The number of hydrogen-bond acceptors (Lipinski definition) is 3. The van der Waals surface area contributed by atoms with E-state index in [1.807, 2.05) is 6.07 Å². The molecule has 5 heteroatoms. The molecule has 4 rings (SSSR count). The van der Waals surface area contributed by atoms with E-state index in [0.717, 1.165) is 24.3 Å². The molecule has 1 atom stereocenters. The summed E-state index contributed by atoms with van der Waals surface area (Å²) in [5, 5.41) is 13.6. The fourth-order valence-corrected chi connectivity index (χ4v) is 4.69. The molecule has 1 aromatic heterocycles. The van der Waals surface area contributed by atoms with Crippen LogP contribution in [0.2, 0.25) is 0 Å². The molecule has 0 saturated carbocycles. The standard InChI is InChI=1S/C19H23N2OS.BrH/c1-14-7-5-8-16(15(14)2)20-13-19(22,17-9-6-12-23-17)21-11-4-3-10-18(20)21;/h5-9,12,22H,3-4,10-11,13H2,1-2H3;1H/q+1;/p-1. The van der Waals surface area contributed by atoms with Crippen LogP contribution >= 0.6 is 11.3 Å². The summed E-state index contributed by atoms with van der Waals surface area (Å²) in [6, 6.07) is 10.5. The molecule has 0 aliphatic carbocycles. The minimum atomic E-state index is -0.889. The van der Waals surface area contributed by atoms with Crippen molar-refractivity contribution in [2.75, 3.05) is 18.0 Å². The third-order valence-corrected chi connectivity index (χ3v) is 6.27. The van der Waals surface area contributed by atoms with Gasteiger partial charge in [0.25, 0.3) is 11.6 Å². The van der Waals surface area contributed by atoms with E-state index in [1.54, 1.807) is 11.3 Å². The summed E-state index contributed by atoms with van der Waals surface area (Å²) >= 11 is 1.65. The van der Waals surface area contributed by atoms with Gasteiger partial charge in [-0.15, -0.1) is 11.3 Å². The van der Waals surface area contributed by atoms with E-state index in [-0.39, 0.29) is 17.0 Å². The Labute approximate surface area is 158 Å². The van der Waals surface area contributed by atoms with Gasteiger partial charge in [-0.05, 0) is 55.3 Å². The predicted molar refractivity (Wildman–Crippen MR) is 95.5 cm³/mol.